The molecule has 0 fully saturated rings. The third-order valence-electron chi connectivity index (χ3n) is 2.93. The van der Waals surface area contributed by atoms with Gasteiger partial charge in [-0.3, -0.25) is 4.79 Å². The van der Waals surface area contributed by atoms with E-state index in [1.807, 2.05) is 31.3 Å². The van der Waals surface area contributed by atoms with Crippen LogP contribution in [0.2, 0.25) is 0 Å². The minimum absolute atomic E-state index is 0.0346. The number of likely N-dealkylation sites (N-methyl/N-ethyl adjacent to an activating group) is 1. The van der Waals surface area contributed by atoms with Crippen molar-refractivity contribution in [1.29, 1.82) is 0 Å². The molecule has 1 aromatic carbocycles. The van der Waals surface area contributed by atoms with Crippen molar-refractivity contribution < 1.29 is 9.53 Å². The molecular formula is C14H17BrN4O2S. The molecule has 0 N–H and O–H groups in total. The summed E-state index contributed by atoms with van der Waals surface area (Å²) in [5.74, 6) is 1.16. The first kappa shape index (κ1) is 16.8. The highest BCUT2D eigenvalue weighted by molar-refractivity contribution is 9.10. The van der Waals surface area contributed by atoms with E-state index >= 15 is 0 Å². The van der Waals surface area contributed by atoms with Gasteiger partial charge in [0, 0.05) is 18.6 Å². The number of hydrogen-bond donors (Lipinski definition) is 0. The summed E-state index contributed by atoms with van der Waals surface area (Å²) in [6.45, 7) is 0.993. The number of amides is 1. The van der Waals surface area contributed by atoms with Gasteiger partial charge in [-0.25, -0.2) is 0 Å². The summed E-state index contributed by atoms with van der Waals surface area (Å²) >= 11 is 4.75. The summed E-state index contributed by atoms with van der Waals surface area (Å²) in [7, 11) is 3.62. The van der Waals surface area contributed by atoms with Crippen LogP contribution in [0.1, 0.15) is 0 Å². The van der Waals surface area contributed by atoms with E-state index in [1.54, 1.807) is 22.8 Å². The maximum atomic E-state index is 12.0. The van der Waals surface area contributed by atoms with Crippen LogP contribution in [-0.4, -0.2) is 51.5 Å². The number of carbonyl (C=O) groups is 1. The average molecular weight is 385 g/mol. The Morgan fingerprint density at radius 3 is 2.77 bits per heavy atom. The van der Waals surface area contributed by atoms with E-state index < -0.39 is 0 Å². The van der Waals surface area contributed by atoms with Crippen LogP contribution in [0, 0.1) is 0 Å². The van der Waals surface area contributed by atoms with Gasteiger partial charge < -0.3 is 14.2 Å². The number of nitrogens with zero attached hydrogens (tertiary/aromatic N) is 4. The number of carbonyl (C=O) groups excluding carboxylic acids is 1. The number of rotatable bonds is 7. The first-order valence-corrected chi connectivity index (χ1v) is 8.43. The molecule has 0 saturated heterocycles. The van der Waals surface area contributed by atoms with Gasteiger partial charge in [-0.05, 0) is 24.3 Å². The second-order valence-corrected chi connectivity index (χ2v) is 6.49. The lowest BCUT2D eigenvalue weighted by atomic mass is 10.3. The molecule has 0 aliphatic heterocycles. The van der Waals surface area contributed by atoms with Gasteiger partial charge in [-0.2, -0.15) is 0 Å². The molecule has 118 valence electrons. The Kier molecular flexibility index (Phi) is 6.26. The minimum Gasteiger partial charge on any atom is -0.492 e. The largest absolute Gasteiger partial charge is 0.492 e. The number of aryl methyl sites for hydroxylation is 1. The SMILES string of the molecule is CN(CCOc1ccc(Br)cc1)C(=O)CSc1nncn1C. The summed E-state index contributed by atoms with van der Waals surface area (Å²) in [5, 5.41) is 8.44. The zero-order chi connectivity index (χ0) is 15.9. The van der Waals surface area contributed by atoms with Crippen molar-refractivity contribution >= 4 is 33.6 Å². The molecule has 1 amide bonds. The van der Waals surface area contributed by atoms with Crippen LogP contribution in [0.3, 0.4) is 0 Å². The van der Waals surface area contributed by atoms with Gasteiger partial charge >= 0.3 is 0 Å². The van der Waals surface area contributed by atoms with Crippen LogP contribution in [0.5, 0.6) is 5.75 Å². The Labute approximate surface area is 142 Å². The van der Waals surface area contributed by atoms with E-state index in [-0.39, 0.29) is 5.91 Å². The van der Waals surface area contributed by atoms with Crippen molar-refractivity contribution in [2.24, 2.45) is 7.05 Å². The van der Waals surface area contributed by atoms with Crippen LogP contribution in [-0.2, 0) is 11.8 Å². The predicted octanol–water partition coefficient (Wildman–Crippen LogP) is 2.21. The number of ether oxygens (including phenoxy) is 1. The molecule has 2 rings (SSSR count). The van der Waals surface area contributed by atoms with Crippen LogP contribution < -0.4 is 4.74 Å². The second-order valence-electron chi connectivity index (χ2n) is 4.63. The molecule has 8 heteroatoms. The number of hydrogen-bond acceptors (Lipinski definition) is 5. The lowest BCUT2D eigenvalue weighted by Gasteiger charge is -2.17. The second kappa shape index (κ2) is 8.19. The van der Waals surface area contributed by atoms with Gasteiger partial charge in [0.05, 0.1) is 12.3 Å². The molecule has 0 bridgehead atoms. The topological polar surface area (TPSA) is 60.2 Å². The molecule has 0 unspecified atom stereocenters. The Morgan fingerprint density at radius 2 is 2.14 bits per heavy atom. The summed E-state index contributed by atoms with van der Waals surface area (Å²) in [5.41, 5.74) is 0. The Hall–Kier alpha value is -1.54. The standard InChI is InChI=1S/C14H17BrN4O2S/c1-18(7-8-21-12-5-3-11(15)4-6-12)13(20)9-22-14-17-16-10-19(14)2/h3-6,10H,7-9H2,1-2H3. The summed E-state index contributed by atoms with van der Waals surface area (Å²) in [4.78, 5) is 13.7. The molecule has 0 aliphatic carbocycles. The predicted molar refractivity (Wildman–Crippen MR) is 89.0 cm³/mol. The molecular weight excluding hydrogens is 368 g/mol. The molecule has 1 aromatic heterocycles. The quantitative estimate of drug-likeness (QED) is 0.684. The van der Waals surface area contributed by atoms with E-state index in [0.717, 1.165) is 15.4 Å². The zero-order valence-electron chi connectivity index (χ0n) is 12.4. The van der Waals surface area contributed by atoms with Gasteiger partial charge in [0.25, 0.3) is 0 Å². The van der Waals surface area contributed by atoms with Crippen molar-refractivity contribution in [1.82, 2.24) is 19.7 Å². The molecule has 1 heterocycles. The van der Waals surface area contributed by atoms with Crippen molar-refractivity contribution in [3.8, 4) is 5.75 Å². The smallest absolute Gasteiger partial charge is 0.232 e. The summed E-state index contributed by atoms with van der Waals surface area (Å²) < 4.78 is 8.40. The molecule has 0 saturated carbocycles. The fourth-order valence-corrected chi connectivity index (χ4v) is 2.69. The van der Waals surface area contributed by atoms with E-state index in [4.69, 9.17) is 4.74 Å². The zero-order valence-corrected chi connectivity index (χ0v) is 14.8. The summed E-state index contributed by atoms with van der Waals surface area (Å²) in [6, 6.07) is 7.61. The van der Waals surface area contributed by atoms with Crippen LogP contribution in [0.25, 0.3) is 0 Å². The third kappa shape index (κ3) is 5.03. The van der Waals surface area contributed by atoms with E-state index in [9.17, 15) is 4.79 Å². The lowest BCUT2D eigenvalue weighted by Crippen LogP contribution is -2.32. The number of benzene rings is 1. The molecule has 6 nitrogen and oxygen atoms in total. The molecule has 22 heavy (non-hydrogen) atoms. The first-order chi connectivity index (χ1) is 10.6. The Bertz CT molecular complexity index is 618. The van der Waals surface area contributed by atoms with Crippen molar-refractivity contribution in [2.45, 2.75) is 5.16 Å². The number of halogens is 1. The monoisotopic (exact) mass is 384 g/mol. The lowest BCUT2D eigenvalue weighted by molar-refractivity contribution is -0.127. The van der Waals surface area contributed by atoms with Gasteiger partial charge in [-0.1, -0.05) is 27.7 Å². The van der Waals surface area contributed by atoms with Crippen molar-refractivity contribution in [3.05, 3.63) is 35.1 Å². The number of aromatic nitrogens is 3. The van der Waals surface area contributed by atoms with E-state index in [0.29, 0.717) is 18.9 Å². The molecule has 0 atom stereocenters. The highest BCUT2D eigenvalue weighted by Crippen LogP contribution is 2.16. The fraction of sp³-hybridized carbons (Fsp3) is 0.357. The van der Waals surface area contributed by atoms with Crippen LogP contribution >= 0.6 is 27.7 Å². The average Bonchev–Trinajstić information content (AvgIpc) is 2.92. The number of thioether (sulfide) groups is 1. The summed E-state index contributed by atoms with van der Waals surface area (Å²) in [6.07, 6.45) is 1.61. The van der Waals surface area contributed by atoms with E-state index in [1.165, 1.54) is 11.8 Å². The highest BCUT2D eigenvalue weighted by Gasteiger charge is 2.11. The normalized spacial score (nSPS) is 10.5. The maximum Gasteiger partial charge on any atom is 0.232 e. The highest BCUT2D eigenvalue weighted by atomic mass is 79.9. The first-order valence-electron chi connectivity index (χ1n) is 6.65. The fourth-order valence-electron chi connectivity index (χ4n) is 1.60. The van der Waals surface area contributed by atoms with Crippen LogP contribution in [0.15, 0.2) is 40.2 Å². The van der Waals surface area contributed by atoms with Crippen LogP contribution in [0.4, 0.5) is 0 Å². The van der Waals surface area contributed by atoms with Gasteiger partial charge in [0.2, 0.25) is 5.91 Å². The molecule has 2 aromatic rings. The van der Waals surface area contributed by atoms with Gasteiger partial charge in [0.1, 0.15) is 18.7 Å². The van der Waals surface area contributed by atoms with Gasteiger partial charge in [-0.15, -0.1) is 10.2 Å². The molecule has 0 spiro atoms. The van der Waals surface area contributed by atoms with Gasteiger partial charge in [0.15, 0.2) is 5.16 Å². The molecule has 0 radical (unpaired) electrons. The van der Waals surface area contributed by atoms with Crippen molar-refractivity contribution in [3.63, 3.8) is 0 Å². The van der Waals surface area contributed by atoms with Crippen molar-refractivity contribution in [2.75, 3.05) is 26.0 Å². The Morgan fingerprint density at radius 1 is 1.41 bits per heavy atom. The van der Waals surface area contributed by atoms with E-state index in [2.05, 4.69) is 26.1 Å². The maximum absolute atomic E-state index is 12.0. The Balaban J connectivity index is 1.70. The molecule has 0 aliphatic rings. The third-order valence-corrected chi connectivity index (χ3v) is 4.48. The minimum atomic E-state index is 0.0346.